The molecule has 5 nitrogen and oxygen atoms in total. The zero-order valence-electron chi connectivity index (χ0n) is 13.9. The monoisotopic (exact) mass is 341 g/mol. The Morgan fingerprint density at radius 1 is 1.38 bits per heavy atom. The van der Waals surface area contributed by atoms with Crippen molar-refractivity contribution < 1.29 is 9.59 Å². The molecule has 0 spiro atoms. The van der Waals surface area contributed by atoms with Crippen LogP contribution in [-0.2, 0) is 4.79 Å². The van der Waals surface area contributed by atoms with Gasteiger partial charge in [-0.15, -0.1) is 11.3 Å². The van der Waals surface area contributed by atoms with Gasteiger partial charge in [-0.2, -0.15) is 0 Å². The molecule has 124 valence electrons. The molecular weight excluding hydrogens is 322 g/mol. The van der Waals surface area contributed by atoms with E-state index in [4.69, 9.17) is 0 Å². The minimum absolute atomic E-state index is 0.0732. The fraction of sp³-hybridized carbons (Fsp3) is 0.333. The van der Waals surface area contributed by atoms with Crippen LogP contribution in [0.5, 0.6) is 0 Å². The molecule has 1 aliphatic heterocycles. The third-order valence-corrected chi connectivity index (χ3v) is 5.01. The zero-order valence-corrected chi connectivity index (χ0v) is 14.7. The quantitative estimate of drug-likeness (QED) is 0.917. The van der Waals surface area contributed by atoms with Gasteiger partial charge in [0.05, 0.1) is 16.4 Å². The van der Waals surface area contributed by atoms with Crippen LogP contribution in [0.2, 0.25) is 0 Å². The van der Waals surface area contributed by atoms with Gasteiger partial charge in [-0.1, -0.05) is 25.0 Å². The lowest BCUT2D eigenvalue weighted by Gasteiger charge is -2.27. The van der Waals surface area contributed by atoms with Gasteiger partial charge < -0.3 is 5.32 Å². The summed E-state index contributed by atoms with van der Waals surface area (Å²) in [5.74, 6) is -0.334. The topological polar surface area (TPSA) is 71.4 Å². The molecule has 1 aromatic heterocycles. The van der Waals surface area contributed by atoms with E-state index in [9.17, 15) is 9.59 Å². The van der Waals surface area contributed by atoms with E-state index in [1.54, 1.807) is 12.2 Å². The summed E-state index contributed by atoms with van der Waals surface area (Å²) in [4.78, 5) is 33.2. The number of aromatic nitrogens is 1. The minimum atomic E-state index is -0.292. The summed E-state index contributed by atoms with van der Waals surface area (Å²) in [6.07, 6.45) is 9.16. The molecule has 1 atom stereocenters. The van der Waals surface area contributed by atoms with Crippen molar-refractivity contribution in [2.45, 2.75) is 33.6 Å². The Hall–Kier alpha value is -2.34. The summed E-state index contributed by atoms with van der Waals surface area (Å²) in [6, 6.07) is 0. The number of carbonyl (C=O) groups is 2. The van der Waals surface area contributed by atoms with Crippen molar-refractivity contribution in [3.8, 4) is 0 Å². The molecule has 3 rings (SSSR count). The van der Waals surface area contributed by atoms with Crippen molar-refractivity contribution in [1.29, 1.82) is 0 Å². The Kier molecular flexibility index (Phi) is 4.57. The smallest absolute Gasteiger partial charge is 0.289 e. The molecule has 2 amide bonds. The number of allylic oxidation sites excluding steroid dienone is 3. The minimum Gasteiger partial charge on any atom is -0.325 e. The van der Waals surface area contributed by atoms with Gasteiger partial charge >= 0.3 is 0 Å². The molecule has 0 fully saturated rings. The van der Waals surface area contributed by atoms with Crippen LogP contribution in [0.4, 0.5) is 0 Å². The van der Waals surface area contributed by atoms with Crippen molar-refractivity contribution >= 4 is 28.9 Å². The average Bonchev–Trinajstić information content (AvgIpc) is 2.86. The number of hydrogen-bond acceptors (Lipinski definition) is 4. The molecular formula is C18H19N3O2S. The van der Waals surface area contributed by atoms with E-state index in [1.165, 1.54) is 11.3 Å². The number of fused-ring (bicyclic) bond motifs is 1. The standard InChI is InChI=1S/C18H19N3O2S/c1-4-5-12-8-16(22)21-15-9-13(6-7-14(12)15)20-18(23)17-10(2)19-11(3)24-17/h6-9,14H,4-5H2,1-3H3,(H,21,22). The molecule has 1 aromatic rings. The van der Waals surface area contributed by atoms with Crippen LogP contribution in [0.25, 0.3) is 0 Å². The third-order valence-electron chi connectivity index (χ3n) is 3.95. The van der Waals surface area contributed by atoms with Crippen LogP contribution in [0.1, 0.15) is 40.1 Å². The van der Waals surface area contributed by atoms with Crippen molar-refractivity contribution in [3.63, 3.8) is 0 Å². The van der Waals surface area contributed by atoms with Crippen LogP contribution < -0.4 is 5.32 Å². The maximum absolute atomic E-state index is 12.4. The van der Waals surface area contributed by atoms with Crippen LogP contribution in [0.15, 0.2) is 40.6 Å². The van der Waals surface area contributed by atoms with Crippen LogP contribution in [0, 0.1) is 19.8 Å². The van der Waals surface area contributed by atoms with Gasteiger partial charge in [-0.05, 0) is 32.4 Å². The highest BCUT2D eigenvalue weighted by Gasteiger charge is 2.26. The summed E-state index contributed by atoms with van der Waals surface area (Å²) in [5.41, 5.74) is 3.14. The first-order valence-corrected chi connectivity index (χ1v) is 8.78. The molecule has 0 saturated carbocycles. The van der Waals surface area contributed by atoms with Gasteiger partial charge in [0.25, 0.3) is 5.91 Å². The lowest BCUT2D eigenvalue weighted by molar-refractivity contribution is -0.116. The Morgan fingerprint density at radius 2 is 2.17 bits per heavy atom. The van der Waals surface area contributed by atoms with E-state index in [-0.39, 0.29) is 17.7 Å². The summed E-state index contributed by atoms with van der Waals surface area (Å²) < 4.78 is 0. The highest BCUT2D eigenvalue weighted by molar-refractivity contribution is 7.13. The first-order chi connectivity index (χ1) is 11.5. The van der Waals surface area contributed by atoms with E-state index in [2.05, 4.69) is 22.2 Å². The number of nitrogens with one attached hydrogen (secondary N) is 1. The maximum Gasteiger partial charge on any atom is 0.289 e. The number of aryl methyl sites for hydroxylation is 2. The third kappa shape index (κ3) is 3.28. The van der Waals surface area contributed by atoms with Crippen molar-refractivity contribution in [3.05, 3.63) is 51.2 Å². The Bertz CT molecular complexity index is 827. The second-order valence-corrected chi connectivity index (χ2v) is 7.09. The molecule has 0 bridgehead atoms. The number of nitrogens with zero attached hydrogens (tertiary/aromatic N) is 2. The predicted octanol–water partition coefficient (Wildman–Crippen LogP) is 3.27. The first-order valence-electron chi connectivity index (χ1n) is 7.96. The number of hydrogen-bond donors (Lipinski definition) is 1. The lowest BCUT2D eigenvalue weighted by atomic mass is 9.85. The van der Waals surface area contributed by atoms with E-state index in [0.29, 0.717) is 16.3 Å². The predicted molar refractivity (Wildman–Crippen MR) is 95.2 cm³/mol. The molecule has 2 aliphatic rings. The zero-order chi connectivity index (χ0) is 17.3. The SMILES string of the molecule is CCCC1=CC(=O)NC2=CC(=NC(=O)c3sc(C)nc3C)C=CC12. The highest BCUT2D eigenvalue weighted by atomic mass is 32.1. The van der Waals surface area contributed by atoms with Crippen molar-refractivity contribution in [2.24, 2.45) is 10.9 Å². The Morgan fingerprint density at radius 3 is 2.83 bits per heavy atom. The number of carbonyl (C=O) groups excluding carboxylic acids is 2. The normalized spacial score (nSPS) is 21.2. The summed E-state index contributed by atoms with van der Waals surface area (Å²) in [6.45, 7) is 5.77. The van der Waals surface area contributed by atoms with Crippen molar-refractivity contribution in [2.75, 3.05) is 0 Å². The summed E-state index contributed by atoms with van der Waals surface area (Å²) >= 11 is 1.35. The molecule has 1 unspecified atom stereocenters. The molecule has 24 heavy (non-hydrogen) atoms. The van der Waals surface area contributed by atoms with Gasteiger partial charge in [0, 0.05) is 17.7 Å². The van der Waals surface area contributed by atoms with Crippen LogP contribution in [0.3, 0.4) is 0 Å². The molecule has 6 heteroatoms. The number of aliphatic imine (C=N–C) groups is 1. The van der Waals surface area contributed by atoms with Gasteiger partial charge in [-0.25, -0.2) is 9.98 Å². The number of thiazole rings is 1. The lowest BCUT2D eigenvalue weighted by Crippen LogP contribution is -2.33. The second-order valence-electron chi connectivity index (χ2n) is 5.88. The van der Waals surface area contributed by atoms with Crippen molar-refractivity contribution in [1.82, 2.24) is 10.3 Å². The fourth-order valence-electron chi connectivity index (χ4n) is 2.95. The second kappa shape index (κ2) is 6.65. The number of amides is 2. The largest absolute Gasteiger partial charge is 0.325 e. The summed E-state index contributed by atoms with van der Waals surface area (Å²) in [7, 11) is 0. The average molecular weight is 341 g/mol. The Labute approximate surface area is 144 Å². The molecule has 0 saturated heterocycles. The van der Waals surface area contributed by atoms with E-state index in [0.717, 1.165) is 29.1 Å². The molecule has 1 N–H and O–H groups in total. The molecule has 0 radical (unpaired) electrons. The first kappa shape index (κ1) is 16.5. The summed E-state index contributed by atoms with van der Waals surface area (Å²) in [5, 5.41) is 3.71. The van der Waals surface area contributed by atoms with E-state index < -0.39 is 0 Å². The van der Waals surface area contributed by atoms with Gasteiger partial charge in [0.1, 0.15) is 4.88 Å². The van der Waals surface area contributed by atoms with E-state index >= 15 is 0 Å². The number of rotatable bonds is 3. The highest BCUT2D eigenvalue weighted by Crippen LogP contribution is 2.30. The van der Waals surface area contributed by atoms with Gasteiger partial charge in [0.15, 0.2) is 0 Å². The van der Waals surface area contributed by atoms with Crippen LogP contribution in [-0.4, -0.2) is 22.5 Å². The Balaban J connectivity index is 1.87. The van der Waals surface area contributed by atoms with Gasteiger partial charge in [-0.3, -0.25) is 9.59 Å². The van der Waals surface area contributed by atoms with Gasteiger partial charge in [0.2, 0.25) is 5.91 Å². The maximum atomic E-state index is 12.4. The molecule has 0 aromatic carbocycles. The fourth-order valence-corrected chi connectivity index (χ4v) is 3.76. The van der Waals surface area contributed by atoms with Crippen LogP contribution >= 0.6 is 11.3 Å². The molecule has 2 heterocycles. The van der Waals surface area contributed by atoms with E-state index in [1.807, 2.05) is 26.0 Å². The molecule has 1 aliphatic carbocycles.